The Morgan fingerprint density at radius 1 is 1.55 bits per heavy atom. The molecule has 0 saturated heterocycles. The van der Waals surface area contributed by atoms with E-state index in [1.807, 2.05) is 32.7 Å². The summed E-state index contributed by atoms with van der Waals surface area (Å²) in [6.45, 7) is 6.14. The number of anilines is 1. The molecular formula is C13H20N4O3. The van der Waals surface area contributed by atoms with Gasteiger partial charge in [0.05, 0.1) is 10.5 Å². The van der Waals surface area contributed by atoms with E-state index in [0.717, 1.165) is 6.42 Å². The van der Waals surface area contributed by atoms with Crippen molar-refractivity contribution in [3.63, 3.8) is 0 Å². The number of benzene rings is 1. The number of amidine groups is 1. The molecule has 7 nitrogen and oxygen atoms in total. The van der Waals surface area contributed by atoms with Crippen LogP contribution in [0, 0.1) is 10.1 Å². The van der Waals surface area contributed by atoms with Crippen molar-refractivity contribution in [2.24, 2.45) is 10.9 Å². The number of nitro groups is 1. The van der Waals surface area contributed by atoms with Crippen molar-refractivity contribution >= 4 is 17.2 Å². The van der Waals surface area contributed by atoms with E-state index in [2.05, 4.69) is 5.16 Å². The van der Waals surface area contributed by atoms with Crippen molar-refractivity contribution in [1.29, 1.82) is 0 Å². The van der Waals surface area contributed by atoms with E-state index in [1.54, 1.807) is 6.07 Å². The van der Waals surface area contributed by atoms with Gasteiger partial charge in [-0.15, -0.1) is 0 Å². The van der Waals surface area contributed by atoms with Gasteiger partial charge in [-0.2, -0.15) is 0 Å². The summed E-state index contributed by atoms with van der Waals surface area (Å²) in [5, 5.41) is 22.7. The van der Waals surface area contributed by atoms with Gasteiger partial charge in [0.2, 0.25) is 0 Å². The molecule has 110 valence electrons. The summed E-state index contributed by atoms with van der Waals surface area (Å²) in [7, 11) is 1.87. The first-order valence-electron chi connectivity index (χ1n) is 6.24. The monoisotopic (exact) mass is 280 g/mol. The molecule has 3 N–H and O–H groups in total. The van der Waals surface area contributed by atoms with E-state index in [9.17, 15) is 10.1 Å². The van der Waals surface area contributed by atoms with Crippen LogP contribution in [0.2, 0.25) is 0 Å². The average molecular weight is 280 g/mol. The van der Waals surface area contributed by atoms with Gasteiger partial charge in [0.25, 0.3) is 5.69 Å². The van der Waals surface area contributed by atoms with Crippen molar-refractivity contribution in [3.05, 3.63) is 33.9 Å². The van der Waals surface area contributed by atoms with Gasteiger partial charge in [-0.25, -0.2) is 0 Å². The number of nitrogens with zero attached hydrogens (tertiary/aromatic N) is 3. The lowest BCUT2D eigenvalue weighted by Gasteiger charge is -2.37. The first kappa shape index (κ1) is 15.7. The normalized spacial score (nSPS) is 12.3. The third-order valence-electron chi connectivity index (χ3n) is 3.71. The molecule has 0 amide bonds. The standard InChI is InChI=1S/C13H20N4O3/c1-5-13(2,3)16(4)11-7-6-9(17(19)20)8-10(11)12(14)15-18/h6-8,18H,5H2,1-4H3,(H2,14,15). The molecule has 0 aromatic heterocycles. The molecular weight excluding hydrogens is 260 g/mol. The van der Waals surface area contributed by atoms with Gasteiger partial charge < -0.3 is 15.8 Å². The Morgan fingerprint density at radius 2 is 2.15 bits per heavy atom. The summed E-state index contributed by atoms with van der Waals surface area (Å²) in [5.41, 5.74) is 6.39. The maximum Gasteiger partial charge on any atom is 0.270 e. The number of nitro benzene ring substituents is 1. The fourth-order valence-corrected chi connectivity index (χ4v) is 1.75. The van der Waals surface area contributed by atoms with E-state index >= 15 is 0 Å². The molecule has 0 aliphatic heterocycles. The number of nitrogens with two attached hydrogens (primary N) is 1. The van der Waals surface area contributed by atoms with Crippen LogP contribution in [0.5, 0.6) is 0 Å². The second-order valence-electron chi connectivity index (χ2n) is 5.17. The second kappa shape index (κ2) is 5.77. The van der Waals surface area contributed by atoms with Crippen LogP contribution in [0.25, 0.3) is 0 Å². The second-order valence-corrected chi connectivity index (χ2v) is 5.17. The van der Waals surface area contributed by atoms with Crippen LogP contribution >= 0.6 is 0 Å². The molecule has 1 aromatic rings. The highest BCUT2D eigenvalue weighted by Crippen LogP contribution is 2.30. The molecule has 0 radical (unpaired) electrons. The van der Waals surface area contributed by atoms with Gasteiger partial charge in [0.15, 0.2) is 5.84 Å². The highest BCUT2D eigenvalue weighted by Gasteiger charge is 2.25. The predicted molar refractivity (Wildman–Crippen MR) is 78.4 cm³/mol. The lowest BCUT2D eigenvalue weighted by atomic mass is 9.97. The molecule has 0 spiro atoms. The Balaban J connectivity index is 3.43. The third-order valence-corrected chi connectivity index (χ3v) is 3.71. The number of non-ortho nitro benzene ring substituents is 1. The van der Waals surface area contributed by atoms with Crippen LogP contribution in [0.4, 0.5) is 11.4 Å². The van der Waals surface area contributed by atoms with Crippen molar-refractivity contribution in [1.82, 2.24) is 0 Å². The molecule has 1 rings (SSSR count). The van der Waals surface area contributed by atoms with Gasteiger partial charge in [-0.05, 0) is 26.3 Å². The van der Waals surface area contributed by atoms with Gasteiger partial charge in [-0.1, -0.05) is 12.1 Å². The first-order chi connectivity index (χ1) is 9.24. The highest BCUT2D eigenvalue weighted by atomic mass is 16.6. The molecule has 0 unspecified atom stereocenters. The van der Waals surface area contributed by atoms with Crippen LogP contribution in [0.1, 0.15) is 32.8 Å². The molecule has 7 heteroatoms. The maximum absolute atomic E-state index is 10.8. The minimum absolute atomic E-state index is 0.0990. The van der Waals surface area contributed by atoms with Crippen molar-refractivity contribution < 1.29 is 10.1 Å². The van der Waals surface area contributed by atoms with Crippen molar-refractivity contribution in [2.45, 2.75) is 32.7 Å². The van der Waals surface area contributed by atoms with Crippen LogP contribution in [0.15, 0.2) is 23.4 Å². The predicted octanol–water partition coefficient (Wildman–Crippen LogP) is 2.31. The van der Waals surface area contributed by atoms with Crippen molar-refractivity contribution in [3.8, 4) is 0 Å². The molecule has 0 aliphatic rings. The third kappa shape index (κ3) is 2.98. The molecule has 0 fully saturated rings. The van der Waals surface area contributed by atoms with Crippen LogP contribution in [-0.4, -0.2) is 28.6 Å². The molecule has 0 heterocycles. The van der Waals surface area contributed by atoms with Gasteiger partial charge in [0.1, 0.15) is 0 Å². The number of rotatable bonds is 5. The van der Waals surface area contributed by atoms with Crippen LogP contribution in [-0.2, 0) is 0 Å². The van der Waals surface area contributed by atoms with E-state index < -0.39 is 4.92 Å². The number of hydrogen-bond acceptors (Lipinski definition) is 5. The van der Waals surface area contributed by atoms with Crippen molar-refractivity contribution in [2.75, 3.05) is 11.9 Å². The quantitative estimate of drug-likeness (QED) is 0.283. The van der Waals surface area contributed by atoms with E-state index in [0.29, 0.717) is 11.3 Å². The minimum Gasteiger partial charge on any atom is -0.409 e. The smallest absolute Gasteiger partial charge is 0.270 e. The Morgan fingerprint density at radius 3 is 2.60 bits per heavy atom. The SMILES string of the molecule is CCC(C)(C)N(C)c1ccc([N+](=O)[O-])cc1C(N)=NO. The molecule has 0 atom stereocenters. The zero-order valence-corrected chi connectivity index (χ0v) is 12.1. The fourth-order valence-electron chi connectivity index (χ4n) is 1.75. The summed E-state index contributed by atoms with van der Waals surface area (Å²) in [6, 6.07) is 4.33. The minimum atomic E-state index is -0.511. The van der Waals surface area contributed by atoms with Gasteiger partial charge in [0, 0.05) is 30.4 Å². The average Bonchev–Trinajstić information content (AvgIpc) is 2.44. The first-order valence-corrected chi connectivity index (χ1v) is 6.24. The van der Waals surface area contributed by atoms with Crippen LogP contribution in [0.3, 0.4) is 0 Å². The lowest BCUT2D eigenvalue weighted by molar-refractivity contribution is -0.384. The molecule has 0 saturated carbocycles. The maximum atomic E-state index is 10.8. The van der Waals surface area contributed by atoms with E-state index in [-0.39, 0.29) is 17.1 Å². The topological polar surface area (TPSA) is 105 Å². The zero-order chi connectivity index (χ0) is 15.5. The van der Waals surface area contributed by atoms with E-state index in [4.69, 9.17) is 10.9 Å². The van der Waals surface area contributed by atoms with Gasteiger partial charge in [-0.3, -0.25) is 10.1 Å². The summed E-state index contributed by atoms with van der Waals surface area (Å²) < 4.78 is 0. The van der Waals surface area contributed by atoms with Gasteiger partial charge >= 0.3 is 0 Å². The molecule has 0 bridgehead atoms. The zero-order valence-electron chi connectivity index (χ0n) is 12.1. The Bertz CT molecular complexity index is 540. The Labute approximate surface area is 117 Å². The number of hydrogen-bond donors (Lipinski definition) is 2. The molecule has 1 aromatic carbocycles. The largest absolute Gasteiger partial charge is 0.409 e. The lowest BCUT2D eigenvalue weighted by Crippen LogP contribution is -2.41. The summed E-state index contributed by atoms with van der Waals surface area (Å²) in [4.78, 5) is 12.3. The fraction of sp³-hybridized carbons (Fsp3) is 0.462. The number of oxime groups is 1. The van der Waals surface area contributed by atoms with Crippen LogP contribution < -0.4 is 10.6 Å². The Kier molecular flexibility index (Phi) is 4.54. The summed E-state index contributed by atoms with van der Waals surface area (Å²) >= 11 is 0. The molecule has 0 aliphatic carbocycles. The van der Waals surface area contributed by atoms with E-state index in [1.165, 1.54) is 12.1 Å². The summed E-state index contributed by atoms with van der Waals surface area (Å²) in [6.07, 6.45) is 0.871. The summed E-state index contributed by atoms with van der Waals surface area (Å²) in [5.74, 6) is -0.151. The Hall–Kier alpha value is -2.31. The highest BCUT2D eigenvalue weighted by molar-refractivity contribution is 6.02. The molecule has 20 heavy (non-hydrogen) atoms.